The second-order valence-corrected chi connectivity index (χ2v) is 5.35. The highest BCUT2D eigenvalue weighted by Crippen LogP contribution is 2.20. The van der Waals surface area contributed by atoms with Crippen molar-refractivity contribution in [1.82, 2.24) is 5.32 Å². The number of hydrogen-bond donors (Lipinski definition) is 1. The van der Waals surface area contributed by atoms with E-state index in [9.17, 15) is 4.39 Å². The Morgan fingerprint density at radius 2 is 1.90 bits per heavy atom. The van der Waals surface area contributed by atoms with E-state index >= 15 is 0 Å². The average Bonchev–Trinajstić information content (AvgIpc) is 2.50. The van der Waals surface area contributed by atoms with Gasteiger partial charge in [0.1, 0.15) is 11.6 Å². The van der Waals surface area contributed by atoms with E-state index in [4.69, 9.17) is 16.3 Å². The minimum atomic E-state index is -0.377. The van der Waals surface area contributed by atoms with E-state index in [1.165, 1.54) is 11.6 Å². The number of rotatable bonds is 6. The van der Waals surface area contributed by atoms with Crippen molar-refractivity contribution in [3.05, 3.63) is 64.4 Å². The third-order valence-corrected chi connectivity index (χ3v) is 3.77. The van der Waals surface area contributed by atoms with Crippen LogP contribution in [0, 0.1) is 5.82 Å². The summed E-state index contributed by atoms with van der Waals surface area (Å²) in [5, 5.41) is 3.54. The molecule has 0 radical (unpaired) electrons. The molecule has 0 saturated heterocycles. The van der Waals surface area contributed by atoms with Crippen molar-refractivity contribution in [3.8, 4) is 5.75 Å². The zero-order chi connectivity index (χ0) is 15.2. The second-order valence-electron chi connectivity index (χ2n) is 4.95. The summed E-state index contributed by atoms with van der Waals surface area (Å²) in [7, 11) is 1.66. The Labute approximate surface area is 129 Å². The van der Waals surface area contributed by atoms with E-state index in [2.05, 4.69) is 5.32 Å². The van der Waals surface area contributed by atoms with E-state index in [0.717, 1.165) is 24.3 Å². The lowest BCUT2D eigenvalue weighted by atomic mass is 10.1. The molecule has 2 rings (SSSR count). The van der Waals surface area contributed by atoms with Gasteiger partial charge in [0.05, 0.1) is 12.1 Å². The van der Waals surface area contributed by atoms with Gasteiger partial charge in [-0.05, 0) is 55.3 Å². The van der Waals surface area contributed by atoms with Crippen LogP contribution < -0.4 is 10.1 Å². The lowest BCUT2D eigenvalue weighted by Gasteiger charge is -2.14. The van der Waals surface area contributed by atoms with Crippen LogP contribution in [0.5, 0.6) is 5.75 Å². The van der Waals surface area contributed by atoms with E-state index in [0.29, 0.717) is 0 Å². The highest BCUT2D eigenvalue weighted by Gasteiger charge is 2.07. The standard InChI is InChI=1S/C17H19ClFNO/c1-12(14-5-8-16(18)17(19)11-14)20-10-9-13-3-6-15(21-2)7-4-13/h3-8,11-12,20H,9-10H2,1-2H3. The van der Waals surface area contributed by atoms with Gasteiger partial charge in [0, 0.05) is 6.04 Å². The summed E-state index contributed by atoms with van der Waals surface area (Å²) in [4.78, 5) is 0. The fourth-order valence-electron chi connectivity index (χ4n) is 2.12. The molecular weight excluding hydrogens is 289 g/mol. The first-order chi connectivity index (χ1) is 10.1. The molecule has 21 heavy (non-hydrogen) atoms. The zero-order valence-electron chi connectivity index (χ0n) is 12.2. The Morgan fingerprint density at radius 1 is 1.19 bits per heavy atom. The molecule has 0 aliphatic carbocycles. The molecule has 1 unspecified atom stereocenters. The van der Waals surface area contributed by atoms with Crippen LogP contribution in [0.25, 0.3) is 0 Å². The maximum atomic E-state index is 13.4. The van der Waals surface area contributed by atoms with Crippen molar-refractivity contribution in [3.63, 3.8) is 0 Å². The van der Waals surface area contributed by atoms with Gasteiger partial charge in [-0.15, -0.1) is 0 Å². The number of hydrogen-bond acceptors (Lipinski definition) is 2. The summed E-state index contributed by atoms with van der Waals surface area (Å²) in [6.07, 6.45) is 0.907. The van der Waals surface area contributed by atoms with Crippen molar-refractivity contribution in [2.45, 2.75) is 19.4 Å². The van der Waals surface area contributed by atoms with E-state index in [-0.39, 0.29) is 16.9 Å². The molecule has 2 nitrogen and oxygen atoms in total. The van der Waals surface area contributed by atoms with Gasteiger partial charge in [-0.1, -0.05) is 29.8 Å². The lowest BCUT2D eigenvalue weighted by Crippen LogP contribution is -2.21. The number of ether oxygens (including phenoxy) is 1. The predicted octanol–water partition coefficient (Wildman–Crippen LogP) is 4.38. The SMILES string of the molecule is COc1ccc(CCNC(C)c2ccc(Cl)c(F)c2)cc1. The minimum absolute atomic E-state index is 0.0787. The summed E-state index contributed by atoms with van der Waals surface area (Å²) in [5.74, 6) is 0.481. The second kappa shape index (κ2) is 7.43. The summed E-state index contributed by atoms with van der Waals surface area (Å²) < 4.78 is 18.6. The van der Waals surface area contributed by atoms with Gasteiger partial charge < -0.3 is 10.1 Å². The Balaban J connectivity index is 1.85. The summed E-state index contributed by atoms with van der Waals surface area (Å²) in [5.41, 5.74) is 2.13. The monoisotopic (exact) mass is 307 g/mol. The van der Waals surface area contributed by atoms with Crippen LogP contribution in [0.4, 0.5) is 4.39 Å². The van der Waals surface area contributed by atoms with Gasteiger partial charge in [0.25, 0.3) is 0 Å². The topological polar surface area (TPSA) is 21.3 Å². The molecule has 112 valence electrons. The highest BCUT2D eigenvalue weighted by atomic mass is 35.5. The van der Waals surface area contributed by atoms with Crippen LogP contribution in [0.3, 0.4) is 0 Å². The molecule has 2 aromatic carbocycles. The first kappa shape index (κ1) is 15.8. The number of halogens is 2. The minimum Gasteiger partial charge on any atom is -0.497 e. The van der Waals surface area contributed by atoms with Gasteiger partial charge in [0.15, 0.2) is 0 Å². The fourth-order valence-corrected chi connectivity index (χ4v) is 2.24. The Kier molecular flexibility index (Phi) is 5.59. The largest absolute Gasteiger partial charge is 0.497 e. The van der Waals surface area contributed by atoms with E-state index in [1.54, 1.807) is 13.2 Å². The molecule has 0 amide bonds. The Morgan fingerprint density at radius 3 is 2.52 bits per heavy atom. The zero-order valence-corrected chi connectivity index (χ0v) is 13.0. The van der Waals surface area contributed by atoms with Crippen molar-refractivity contribution in [2.75, 3.05) is 13.7 Å². The molecule has 0 heterocycles. The van der Waals surface area contributed by atoms with Crippen molar-refractivity contribution in [2.24, 2.45) is 0 Å². The molecule has 2 aromatic rings. The van der Waals surface area contributed by atoms with Crippen LogP contribution in [0.1, 0.15) is 24.1 Å². The molecular formula is C17H19ClFNO. The predicted molar refractivity (Wildman–Crippen MR) is 84.5 cm³/mol. The molecule has 0 spiro atoms. The third kappa shape index (κ3) is 4.45. The maximum absolute atomic E-state index is 13.4. The maximum Gasteiger partial charge on any atom is 0.142 e. The summed E-state index contributed by atoms with van der Waals surface area (Å²) in [6, 6.07) is 13.0. The van der Waals surface area contributed by atoms with Gasteiger partial charge in [-0.3, -0.25) is 0 Å². The molecule has 1 atom stereocenters. The quantitative estimate of drug-likeness (QED) is 0.855. The molecule has 1 N–H and O–H groups in total. The molecule has 0 fully saturated rings. The molecule has 0 aromatic heterocycles. The van der Waals surface area contributed by atoms with Gasteiger partial charge in [0.2, 0.25) is 0 Å². The van der Waals surface area contributed by atoms with Crippen LogP contribution in [0.15, 0.2) is 42.5 Å². The van der Waals surface area contributed by atoms with Crippen LogP contribution in [0.2, 0.25) is 5.02 Å². The highest BCUT2D eigenvalue weighted by molar-refractivity contribution is 6.30. The van der Waals surface area contributed by atoms with Crippen molar-refractivity contribution >= 4 is 11.6 Å². The molecule has 0 aliphatic heterocycles. The van der Waals surface area contributed by atoms with Crippen molar-refractivity contribution < 1.29 is 9.13 Å². The molecule has 0 bridgehead atoms. The molecule has 0 saturated carbocycles. The first-order valence-electron chi connectivity index (χ1n) is 6.91. The van der Waals surface area contributed by atoms with Crippen molar-refractivity contribution in [1.29, 1.82) is 0 Å². The van der Waals surface area contributed by atoms with E-state index in [1.807, 2.05) is 37.3 Å². The summed E-state index contributed by atoms with van der Waals surface area (Å²) >= 11 is 5.69. The van der Waals surface area contributed by atoms with Crippen LogP contribution in [-0.4, -0.2) is 13.7 Å². The fraction of sp³-hybridized carbons (Fsp3) is 0.294. The Hall–Kier alpha value is -1.58. The Bertz CT molecular complexity index is 586. The number of nitrogens with one attached hydrogen (secondary N) is 1. The lowest BCUT2D eigenvalue weighted by molar-refractivity contribution is 0.414. The normalized spacial score (nSPS) is 12.2. The summed E-state index contributed by atoms with van der Waals surface area (Å²) in [6.45, 7) is 2.83. The first-order valence-corrected chi connectivity index (χ1v) is 7.29. The van der Waals surface area contributed by atoms with Crippen LogP contribution in [-0.2, 0) is 6.42 Å². The number of benzene rings is 2. The smallest absolute Gasteiger partial charge is 0.142 e. The third-order valence-electron chi connectivity index (χ3n) is 3.47. The van der Waals surface area contributed by atoms with Gasteiger partial charge in [-0.2, -0.15) is 0 Å². The van der Waals surface area contributed by atoms with E-state index < -0.39 is 0 Å². The molecule has 0 aliphatic rings. The van der Waals surface area contributed by atoms with Gasteiger partial charge >= 0.3 is 0 Å². The molecule has 4 heteroatoms. The average molecular weight is 308 g/mol. The number of methoxy groups -OCH3 is 1. The van der Waals surface area contributed by atoms with Crippen LogP contribution >= 0.6 is 11.6 Å². The van der Waals surface area contributed by atoms with Gasteiger partial charge in [-0.25, -0.2) is 4.39 Å².